The Morgan fingerprint density at radius 3 is 2.81 bits per heavy atom. The second-order valence-corrected chi connectivity index (χ2v) is 7.20. The van der Waals surface area contributed by atoms with Crippen molar-refractivity contribution in [2.24, 2.45) is 0 Å². The van der Waals surface area contributed by atoms with Gasteiger partial charge in [-0.1, -0.05) is 12.1 Å². The van der Waals surface area contributed by atoms with Gasteiger partial charge in [-0.3, -0.25) is 0 Å². The second kappa shape index (κ2) is 7.59. The van der Waals surface area contributed by atoms with E-state index in [9.17, 15) is 4.79 Å². The zero-order valence-corrected chi connectivity index (χ0v) is 14.3. The molecule has 2 amide bonds. The molecule has 0 bridgehead atoms. The van der Waals surface area contributed by atoms with Crippen LogP contribution in [0.5, 0.6) is 0 Å². The van der Waals surface area contributed by atoms with Crippen LogP contribution in [0.15, 0.2) is 40.2 Å². The molecule has 4 nitrogen and oxygen atoms in total. The number of halogens is 1. The van der Waals surface area contributed by atoms with Crippen LogP contribution in [0.2, 0.25) is 0 Å². The zero-order chi connectivity index (χ0) is 15.2. The van der Waals surface area contributed by atoms with E-state index in [0.717, 1.165) is 19.9 Å². The Morgan fingerprint density at radius 2 is 2.14 bits per heavy atom. The molecule has 0 fully saturated rings. The summed E-state index contributed by atoms with van der Waals surface area (Å²) in [4.78, 5) is 13.0. The van der Waals surface area contributed by atoms with E-state index in [1.165, 1.54) is 0 Å². The number of nitrogens with one attached hydrogen (secondary N) is 3. The summed E-state index contributed by atoms with van der Waals surface area (Å²) in [5, 5.41) is 8.88. The van der Waals surface area contributed by atoms with E-state index < -0.39 is 0 Å². The van der Waals surface area contributed by atoms with Crippen LogP contribution < -0.4 is 16.0 Å². The number of thiophene rings is 1. The standard InChI is InChI=1S/C15H18BrN3OS/c1-10(17-2)11-4-3-5-12(8-11)19-15(20)18-9-13-6-7-14(16)21-13/h3-8,10,17H,9H2,1-2H3,(H2,18,19,20). The number of anilines is 1. The monoisotopic (exact) mass is 367 g/mol. The molecule has 1 unspecified atom stereocenters. The number of urea groups is 1. The maximum absolute atomic E-state index is 11.9. The Labute approximate surface area is 137 Å². The summed E-state index contributed by atoms with van der Waals surface area (Å²) >= 11 is 5.02. The minimum atomic E-state index is -0.200. The van der Waals surface area contributed by atoms with Gasteiger partial charge < -0.3 is 16.0 Å². The van der Waals surface area contributed by atoms with E-state index in [1.54, 1.807) is 11.3 Å². The number of carbonyl (C=O) groups excluding carboxylic acids is 1. The van der Waals surface area contributed by atoms with Gasteiger partial charge in [-0.15, -0.1) is 11.3 Å². The van der Waals surface area contributed by atoms with Crippen molar-refractivity contribution in [1.82, 2.24) is 10.6 Å². The third-order valence-corrected chi connectivity index (χ3v) is 4.75. The van der Waals surface area contributed by atoms with Crippen LogP contribution >= 0.6 is 27.3 Å². The van der Waals surface area contributed by atoms with Crippen LogP contribution in [0, 0.1) is 0 Å². The number of amides is 2. The molecule has 0 aliphatic heterocycles. The third kappa shape index (κ3) is 4.84. The van der Waals surface area contributed by atoms with E-state index >= 15 is 0 Å². The molecule has 0 aliphatic carbocycles. The minimum Gasteiger partial charge on any atom is -0.333 e. The maximum Gasteiger partial charge on any atom is 0.319 e. The molecule has 1 aromatic heterocycles. The lowest BCUT2D eigenvalue weighted by Crippen LogP contribution is -2.27. The molecule has 0 spiro atoms. The van der Waals surface area contributed by atoms with Gasteiger partial charge in [-0.25, -0.2) is 4.79 Å². The van der Waals surface area contributed by atoms with Crippen molar-refractivity contribution in [3.8, 4) is 0 Å². The molecule has 0 radical (unpaired) electrons. The Morgan fingerprint density at radius 1 is 1.33 bits per heavy atom. The zero-order valence-electron chi connectivity index (χ0n) is 11.9. The number of benzene rings is 1. The summed E-state index contributed by atoms with van der Waals surface area (Å²) in [6.45, 7) is 2.60. The van der Waals surface area contributed by atoms with Crippen molar-refractivity contribution >= 4 is 39.0 Å². The summed E-state index contributed by atoms with van der Waals surface area (Å²) in [6, 6.07) is 11.8. The van der Waals surface area contributed by atoms with Gasteiger partial charge in [0.25, 0.3) is 0 Å². The van der Waals surface area contributed by atoms with Gasteiger partial charge >= 0.3 is 6.03 Å². The molecule has 0 saturated heterocycles. The van der Waals surface area contributed by atoms with E-state index in [1.807, 2.05) is 43.4 Å². The fraction of sp³-hybridized carbons (Fsp3) is 0.267. The van der Waals surface area contributed by atoms with Gasteiger partial charge in [0.15, 0.2) is 0 Å². The molecule has 1 atom stereocenters. The molecule has 3 N–H and O–H groups in total. The van der Waals surface area contributed by atoms with Crippen molar-refractivity contribution in [3.63, 3.8) is 0 Å². The lowest BCUT2D eigenvalue weighted by Gasteiger charge is -2.13. The van der Waals surface area contributed by atoms with Crippen molar-refractivity contribution in [2.45, 2.75) is 19.5 Å². The average molecular weight is 368 g/mol. The topological polar surface area (TPSA) is 53.2 Å². The van der Waals surface area contributed by atoms with Crippen molar-refractivity contribution in [1.29, 1.82) is 0 Å². The molecule has 112 valence electrons. The van der Waals surface area contributed by atoms with Crippen LogP contribution in [-0.4, -0.2) is 13.1 Å². The maximum atomic E-state index is 11.9. The lowest BCUT2D eigenvalue weighted by atomic mass is 10.1. The number of carbonyl (C=O) groups is 1. The molecule has 0 saturated carbocycles. The summed E-state index contributed by atoms with van der Waals surface area (Å²) in [5.74, 6) is 0. The molecule has 2 rings (SSSR count). The predicted molar refractivity (Wildman–Crippen MR) is 91.8 cm³/mol. The summed E-state index contributed by atoms with van der Waals surface area (Å²) in [5.41, 5.74) is 1.93. The smallest absolute Gasteiger partial charge is 0.319 e. The molecule has 1 aromatic carbocycles. The van der Waals surface area contributed by atoms with Gasteiger partial charge in [-0.2, -0.15) is 0 Å². The Bertz CT molecular complexity index is 614. The van der Waals surface area contributed by atoms with E-state index in [2.05, 4.69) is 38.8 Å². The molecular formula is C15H18BrN3OS. The van der Waals surface area contributed by atoms with Crippen molar-refractivity contribution in [2.75, 3.05) is 12.4 Å². The minimum absolute atomic E-state index is 0.200. The fourth-order valence-corrected chi connectivity index (χ4v) is 3.26. The molecule has 2 aromatic rings. The lowest BCUT2D eigenvalue weighted by molar-refractivity contribution is 0.252. The van der Waals surface area contributed by atoms with Crippen molar-refractivity contribution < 1.29 is 4.79 Å². The number of hydrogen-bond acceptors (Lipinski definition) is 3. The first kappa shape index (κ1) is 16.0. The van der Waals surface area contributed by atoms with Crippen LogP contribution in [0.1, 0.15) is 23.4 Å². The first-order valence-corrected chi connectivity index (χ1v) is 8.25. The summed E-state index contributed by atoms with van der Waals surface area (Å²) in [7, 11) is 1.91. The van der Waals surface area contributed by atoms with E-state index in [-0.39, 0.29) is 12.1 Å². The van der Waals surface area contributed by atoms with Crippen LogP contribution in [-0.2, 0) is 6.54 Å². The van der Waals surface area contributed by atoms with Gasteiger partial charge in [0.2, 0.25) is 0 Å². The fourth-order valence-electron chi connectivity index (χ4n) is 1.84. The van der Waals surface area contributed by atoms with Crippen LogP contribution in [0.4, 0.5) is 10.5 Å². The van der Waals surface area contributed by atoms with E-state index in [0.29, 0.717) is 6.54 Å². The molecule has 21 heavy (non-hydrogen) atoms. The first-order chi connectivity index (χ1) is 10.1. The molecule has 0 aliphatic rings. The largest absolute Gasteiger partial charge is 0.333 e. The second-order valence-electron chi connectivity index (χ2n) is 4.65. The van der Waals surface area contributed by atoms with Crippen LogP contribution in [0.3, 0.4) is 0 Å². The van der Waals surface area contributed by atoms with E-state index in [4.69, 9.17) is 0 Å². The predicted octanol–water partition coefficient (Wildman–Crippen LogP) is 4.11. The Hall–Kier alpha value is -1.37. The molecule has 6 heteroatoms. The number of hydrogen-bond donors (Lipinski definition) is 3. The Balaban J connectivity index is 1.90. The SMILES string of the molecule is CNC(C)c1cccc(NC(=O)NCc2ccc(Br)s2)c1. The van der Waals surface area contributed by atoms with Gasteiger partial charge in [0.1, 0.15) is 0 Å². The first-order valence-electron chi connectivity index (χ1n) is 6.65. The number of rotatable bonds is 5. The quantitative estimate of drug-likeness (QED) is 0.744. The molecular weight excluding hydrogens is 350 g/mol. The van der Waals surface area contributed by atoms with Gasteiger partial charge in [0.05, 0.1) is 10.3 Å². The highest BCUT2D eigenvalue weighted by molar-refractivity contribution is 9.11. The average Bonchev–Trinajstić information content (AvgIpc) is 2.90. The normalized spacial score (nSPS) is 12.0. The molecule has 1 heterocycles. The van der Waals surface area contributed by atoms with Gasteiger partial charge in [-0.05, 0) is 59.7 Å². The summed E-state index contributed by atoms with van der Waals surface area (Å²) < 4.78 is 1.06. The Kier molecular flexibility index (Phi) is 5.78. The van der Waals surface area contributed by atoms with Gasteiger partial charge in [0, 0.05) is 16.6 Å². The summed E-state index contributed by atoms with van der Waals surface area (Å²) in [6.07, 6.45) is 0. The third-order valence-electron chi connectivity index (χ3n) is 3.13. The highest BCUT2D eigenvalue weighted by Crippen LogP contribution is 2.22. The highest BCUT2D eigenvalue weighted by atomic mass is 79.9. The highest BCUT2D eigenvalue weighted by Gasteiger charge is 2.06. The van der Waals surface area contributed by atoms with Crippen molar-refractivity contribution in [3.05, 3.63) is 50.6 Å². The van der Waals surface area contributed by atoms with Crippen LogP contribution in [0.25, 0.3) is 0 Å².